The zero-order valence-corrected chi connectivity index (χ0v) is 11.5. The molecule has 1 aliphatic carbocycles. The smallest absolute Gasteiger partial charge is 0.349 e. The van der Waals surface area contributed by atoms with Crippen LogP contribution in [0.25, 0.3) is 0 Å². The molecule has 1 fully saturated rings. The number of halogens is 4. The SMILES string of the molecule is O=C(NC1CCC(Cl)CC1)c1cccc(C(F)(F)F)c1. The monoisotopic (exact) mass is 305 g/mol. The molecule has 110 valence electrons. The molecule has 0 spiro atoms. The molecule has 0 bridgehead atoms. The number of hydrogen-bond donors (Lipinski definition) is 1. The van der Waals surface area contributed by atoms with Crippen LogP contribution in [0.1, 0.15) is 41.6 Å². The predicted molar refractivity (Wildman–Crippen MR) is 70.8 cm³/mol. The zero-order chi connectivity index (χ0) is 14.8. The summed E-state index contributed by atoms with van der Waals surface area (Å²) >= 11 is 5.97. The van der Waals surface area contributed by atoms with E-state index in [1.807, 2.05) is 0 Å². The van der Waals surface area contributed by atoms with Crippen molar-refractivity contribution in [3.05, 3.63) is 35.4 Å². The predicted octanol–water partition coefficient (Wildman–Crippen LogP) is 3.99. The minimum Gasteiger partial charge on any atom is -0.349 e. The molecular weight excluding hydrogens is 291 g/mol. The highest BCUT2D eigenvalue weighted by Crippen LogP contribution is 2.29. The lowest BCUT2D eigenvalue weighted by molar-refractivity contribution is -0.137. The van der Waals surface area contributed by atoms with E-state index in [0.29, 0.717) is 0 Å². The highest BCUT2D eigenvalue weighted by molar-refractivity contribution is 6.20. The molecule has 0 aromatic heterocycles. The number of carbonyl (C=O) groups is 1. The Labute approximate surface area is 120 Å². The molecule has 0 saturated heterocycles. The van der Waals surface area contributed by atoms with Crippen LogP contribution in [0.15, 0.2) is 24.3 Å². The molecule has 1 aromatic carbocycles. The molecule has 2 nitrogen and oxygen atoms in total. The van der Waals surface area contributed by atoms with Crippen LogP contribution in [0.2, 0.25) is 0 Å². The van der Waals surface area contributed by atoms with E-state index in [9.17, 15) is 18.0 Å². The van der Waals surface area contributed by atoms with E-state index < -0.39 is 17.6 Å². The summed E-state index contributed by atoms with van der Waals surface area (Å²) in [5.74, 6) is -0.464. The summed E-state index contributed by atoms with van der Waals surface area (Å²) in [6, 6.07) is 4.45. The lowest BCUT2D eigenvalue weighted by Crippen LogP contribution is -2.37. The van der Waals surface area contributed by atoms with E-state index in [2.05, 4.69) is 5.32 Å². The summed E-state index contributed by atoms with van der Waals surface area (Å²) in [4.78, 5) is 12.0. The highest BCUT2D eigenvalue weighted by Gasteiger charge is 2.31. The topological polar surface area (TPSA) is 29.1 Å². The first-order valence-corrected chi connectivity index (χ1v) is 6.92. The number of nitrogens with one attached hydrogen (secondary N) is 1. The van der Waals surface area contributed by atoms with Gasteiger partial charge in [0.2, 0.25) is 0 Å². The van der Waals surface area contributed by atoms with Gasteiger partial charge in [-0.25, -0.2) is 0 Å². The lowest BCUT2D eigenvalue weighted by atomic mass is 9.94. The first-order valence-electron chi connectivity index (χ1n) is 6.48. The second-order valence-corrected chi connectivity index (χ2v) is 5.62. The fourth-order valence-corrected chi connectivity index (χ4v) is 2.55. The van der Waals surface area contributed by atoms with Gasteiger partial charge in [0.15, 0.2) is 0 Å². The van der Waals surface area contributed by atoms with Crippen LogP contribution in [-0.4, -0.2) is 17.3 Å². The van der Waals surface area contributed by atoms with Crippen molar-refractivity contribution in [2.45, 2.75) is 43.3 Å². The highest BCUT2D eigenvalue weighted by atomic mass is 35.5. The van der Waals surface area contributed by atoms with Gasteiger partial charge in [-0.2, -0.15) is 13.2 Å². The Morgan fingerprint density at radius 3 is 2.45 bits per heavy atom. The molecule has 0 atom stereocenters. The van der Waals surface area contributed by atoms with E-state index in [0.717, 1.165) is 37.8 Å². The first kappa shape index (κ1) is 15.2. The number of amides is 1. The zero-order valence-electron chi connectivity index (χ0n) is 10.7. The Bertz CT molecular complexity index is 482. The van der Waals surface area contributed by atoms with Gasteiger partial charge in [-0.15, -0.1) is 11.6 Å². The van der Waals surface area contributed by atoms with Gasteiger partial charge in [0.05, 0.1) is 5.56 Å². The second-order valence-electron chi connectivity index (χ2n) is 5.00. The minimum atomic E-state index is -4.44. The molecule has 20 heavy (non-hydrogen) atoms. The van der Waals surface area contributed by atoms with Gasteiger partial charge in [0.1, 0.15) is 0 Å². The molecule has 2 rings (SSSR count). The minimum absolute atomic E-state index is 0.00737. The summed E-state index contributed by atoms with van der Waals surface area (Å²) in [6.45, 7) is 0. The van der Waals surface area contributed by atoms with Crippen molar-refractivity contribution in [3.8, 4) is 0 Å². The van der Waals surface area contributed by atoms with E-state index in [1.165, 1.54) is 12.1 Å². The standard InChI is InChI=1S/C14H15ClF3NO/c15-11-4-6-12(7-5-11)19-13(20)9-2-1-3-10(8-9)14(16,17)18/h1-3,8,11-12H,4-7H2,(H,19,20). The van der Waals surface area contributed by atoms with Crippen LogP contribution in [-0.2, 0) is 6.18 Å². The number of carbonyl (C=O) groups excluding carboxylic acids is 1. The van der Waals surface area contributed by atoms with Crippen molar-refractivity contribution in [3.63, 3.8) is 0 Å². The summed E-state index contributed by atoms with van der Waals surface area (Å²) in [5, 5.41) is 2.91. The van der Waals surface area contributed by atoms with E-state index in [1.54, 1.807) is 0 Å². The summed E-state index contributed by atoms with van der Waals surface area (Å²) < 4.78 is 37.8. The molecule has 0 heterocycles. The van der Waals surface area contributed by atoms with Crippen LogP contribution in [0, 0.1) is 0 Å². The van der Waals surface area contributed by atoms with Gasteiger partial charge >= 0.3 is 6.18 Å². The lowest BCUT2D eigenvalue weighted by Gasteiger charge is -2.25. The molecule has 0 unspecified atom stereocenters. The molecule has 6 heteroatoms. The van der Waals surface area contributed by atoms with Crippen LogP contribution >= 0.6 is 11.6 Å². The third-order valence-corrected chi connectivity index (χ3v) is 3.88. The van der Waals surface area contributed by atoms with Crippen molar-refractivity contribution < 1.29 is 18.0 Å². The average Bonchev–Trinajstić information content (AvgIpc) is 2.40. The summed E-state index contributed by atoms with van der Waals surface area (Å²) in [6.07, 6.45) is -1.28. The fraction of sp³-hybridized carbons (Fsp3) is 0.500. The third kappa shape index (κ3) is 3.88. The Hall–Kier alpha value is -1.23. The van der Waals surface area contributed by atoms with Gasteiger partial charge in [-0.05, 0) is 43.9 Å². The van der Waals surface area contributed by atoms with E-state index >= 15 is 0 Å². The van der Waals surface area contributed by atoms with Crippen LogP contribution < -0.4 is 5.32 Å². The molecule has 1 aromatic rings. The molecular formula is C14H15ClF3NO. The molecule has 1 aliphatic rings. The van der Waals surface area contributed by atoms with Gasteiger partial charge in [0.25, 0.3) is 5.91 Å². The summed E-state index contributed by atoms with van der Waals surface area (Å²) in [5.41, 5.74) is -0.776. The Balaban J connectivity index is 2.02. The van der Waals surface area contributed by atoms with Gasteiger partial charge < -0.3 is 5.32 Å². The number of hydrogen-bond acceptors (Lipinski definition) is 1. The molecule has 0 radical (unpaired) electrons. The average molecular weight is 306 g/mol. The van der Waals surface area contributed by atoms with Gasteiger partial charge in [-0.3, -0.25) is 4.79 Å². The summed E-state index contributed by atoms with van der Waals surface area (Å²) in [7, 11) is 0. The largest absolute Gasteiger partial charge is 0.416 e. The van der Waals surface area contributed by atoms with Crippen LogP contribution in [0.4, 0.5) is 13.2 Å². The molecule has 1 N–H and O–H groups in total. The number of rotatable bonds is 2. The van der Waals surface area contributed by atoms with Crippen molar-refractivity contribution in [1.29, 1.82) is 0 Å². The first-order chi connectivity index (χ1) is 9.36. The van der Waals surface area contributed by atoms with E-state index in [-0.39, 0.29) is 17.0 Å². The molecule has 0 aliphatic heterocycles. The molecule has 1 saturated carbocycles. The maximum absolute atomic E-state index is 12.6. The molecule has 1 amide bonds. The Morgan fingerprint density at radius 2 is 1.85 bits per heavy atom. The van der Waals surface area contributed by atoms with Crippen molar-refractivity contribution in [2.24, 2.45) is 0 Å². The third-order valence-electron chi connectivity index (χ3n) is 3.44. The van der Waals surface area contributed by atoms with Crippen LogP contribution in [0.5, 0.6) is 0 Å². The number of benzene rings is 1. The normalized spacial score (nSPS) is 23.4. The van der Waals surface area contributed by atoms with Crippen molar-refractivity contribution >= 4 is 17.5 Å². The second kappa shape index (κ2) is 6.04. The Kier molecular flexibility index (Phi) is 4.58. The van der Waals surface area contributed by atoms with Crippen LogP contribution in [0.3, 0.4) is 0 Å². The van der Waals surface area contributed by atoms with Gasteiger partial charge in [0, 0.05) is 17.0 Å². The maximum atomic E-state index is 12.6. The van der Waals surface area contributed by atoms with Crippen molar-refractivity contribution in [2.75, 3.05) is 0 Å². The van der Waals surface area contributed by atoms with Gasteiger partial charge in [-0.1, -0.05) is 6.07 Å². The van der Waals surface area contributed by atoms with Crippen molar-refractivity contribution in [1.82, 2.24) is 5.32 Å². The van der Waals surface area contributed by atoms with E-state index in [4.69, 9.17) is 11.6 Å². The number of alkyl halides is 4. The fourth-order valence-electron chi connectivity index (χ4n) is 2.30. The maximum Gasteiger partial charge on any atom is 0.416 e. The Morgan fingerprint density at radius 1 is 1.20 bits per heavy atom. The quantitative estimate of drug-likeness (QED) is 0.823.